The Labute approximate surface area is 148 Å². The highest BCUT2D eigenvalue weighted by atomic mass is 19.1. The molecule has 1 heterocycles. The summed E-state index contributed by atoms with van der Waals surface area (Å²) < 4.78 is 14.3. The van der Waals surface area contributed by atoms with Gasteiger partial charge in [-0.25, -0.2) is 4.39 Å². The lowest BCUT2D eigenvalue weighted by Crippen LogP contribution is -2.42. The highest BCUT2D eigenvalue weighted by Gasteiger charge is 2.54. The zero-order valence-electron chi connectivity index (χ0n) is 14.8. The first kappa shape index (κ1) is 17.5. The molecule has 0 radical (unpaired) electrons. The van der Waals surface area contributed by atoms with Crippen molar-refractivity contribution in [2.75, 3.05) is 27.2 Å². The van der Waals surface area contributed by atoms with Crippen LogP contribution in [0, 0.1) is 5.82 Å². The molecule has 1 amide bonds. The lowest BCUT2D eigenvalue weighted by atomic mass is 9.93. The minimum atomic E-state index is -0.695. The maximum Gasteiger partial charge on any atom is 0.233 e. The molecule has 0 spiro atoms. The van der Waals surface area contributed by atoms with E-state index in [1.807, 2.05) is 36.0 Å². The number of halogens is 1. The second-order valence-electron chi connectivity index (χ2n) is 6.95. The predicted molar refractivity (Wildman–Crippen MR) is 95.5 cm³/mol. The normalized spacial score (nSPS) is 15.2. The van der Waals surface area contributed by atoms with Crippen LogP contribution in [0.15, 0.2) is 48.8 Å². The molecule has 1 saturated carbocycles. The fourth-order valence-corrected chi connectivity index (χ4v) is 3.16. The van der Waals surface area contributed by atoms with E-state index >= 15 is 0 Å². The van der Waals surface area contributed by atoms with Crippen LogP contribution < -0.4 is 0 Å². The van der Waals surface area contributed by atoms with E-state index in [0.29, 0.717) is 31.5 Å². The Morgan fingerprint density at radius 2 is 1.92 bits per heavy atom. The van der Waals surface area contributed by atoms with E-state index < -0.39 is 5.41 Å². The van der Waals surface area contributed by atoms with Gasteiger partial charge in [0.15, 0.2) is 0 Å². The second kappa shape index (κ2) is 7.31. The number of carbonyl (C=O) groups excluding carboxylic acids is 1. The monoisotopic (exact) mass is 341 g/mol. The van der Waals surface area contributed by atoms with E-state index in [1.54, 1.807) is 30.6 Å². The molecule has 0 atom stereocenters. The van der Waals surface area contributed by atoms with Gasteiger partial charge in [-0.1, -0.05) is 24.3 Å². The molecule has 1 fully saturated rings. The number of pyridine rings is 1. The number of hydrogen-bond donors (Lipinski definition) is 0. The molecule has 4 nitrogen and oxygen atoms in total. The predicted octanol–water partition coefficient (Wildman–Crippen LogP) is 2.84. The molecule has 1 aromatic carbocycles. The number of benzene rings is 1. The Morgan fingerprint density at radius 3 is 2.52 bits per heavy atom. The first-order chi connectivity index (χ1) is 12.0. The molecule has 0 saturated heterocycles. The highest BCUT2D eigenvalue weighted by Crippen LogP contribution is 2.50. The lowest BCUT2D eigenvalue weighted by Gasteiger charge is -2.29. The summed E-state index contributed by atoms with van der Waals surface area (Å²) in [6.07, 6.45) is 4.91. The van der Waals surface area contributed by atoms with Gasteiger partial charge < -0.3 is 9.80 Å². The van der Waals surface area contributed by atoms with Crippen molar-refractivity contribution in [1.29, 1.82) is 0 Å². The third-order valence-electron chi connectivity index (χ3n) is 4.75. The molecule has 0 N–H and O–H groups in total. The van der Waals surface area contributed by atoms with Crippen LogP contribution in [0.3, 0.4) is 0 Å². The Bertz CT molecular complexity index is 729. The molecular weight excluding hydrogens is 317 g/mol. The molecule has 0 unspecified atom stereocenters. The van der Waals surface area contributed by atoms with Gasteiger partial charge >= 0.3 is 0 Å². The van der Waals surface area contributed by atoms with Gasteiger partial charge in [0, 0.05) is 37.6 Å². The maximum absolute atomic E-state index is 14.3. The smallest absolute Gasteiger partial charge is 0.233 e. The van der Waals surface area contributed by atoms with Crippen LogP contribution >= 0.6 is 0 Å². The molecule has 5 heteroatoms. The average molecular weight is 341 g/mol. The third kappa shape index (κ3) is 3.87. The van der Waals surface area contributed by atoms with Crippen LogP contribution in [0.1, 0.15) is 24.0 Å². The van der Waals surface area contributed by atoms with Gasteiger partial charge in [-0.3, -0.25) is 9.78 Å². The van der Waals surface area contributed by atoms with E-state index in [9.17, 15) is 9.18 Å². The zero-order chi connectivity index (χ0) is 17.9. The van der Waals surface area contributed by atoms with Gasteiger partial charge in [-0.2, -0.15) is 0 Å². The van der Waals surface area contributed by atoms with E-state index in [-0.39, 0.29) is 11.7 Å². The number of hydrogen-bond acceptors (Lipinski definition) is 3. The quantitative estimate of drug-likeness (QED) is 0.777. The fourth-order valence-electron chi connectivity index (χ4n) is 3.16. The molecule has 25 heavy (non-hydrogen) atoms. The van der Waals surface area contributed by atoms with Crippen molar-refractivity contribution in [1.82, 2.24) is 14.8 Å². The largest absolute Gasteiger partial charge is 0.336 e. The van der Waals surface area contributed by atoms with Crippen LogP contribution in [0.5, 0.6) is 0 Å². The Balaban J connectivity index is 1.84. The number of likely N-dealkylation sites (N-methyl/N-ethyl adjacent to an activating group) is 1. The first-order valence-corrected chi connectivity index (χ1v) is 8.61. The summed E-state index contributed by atoms with van der Waals surface area (Å²) in [5.41, 5.74) is 0.819. The minimum Gasteiger partial charge on any atom is -0.336 e. The van der Waals surface area contributed by atoms with Crippen LogP contribution in [0.4, 0.5) is 4.39 Å². The van der Waals surface area contributed by atoms with Gasteiger partial charge in [-0.15, -0.1) is 0 Å². The van der Waals surface area contributed by atoms with Crippen molar-refractivity contribution in [3.8, 4) is 0 Å². The Morgan fingerprint density at radius 1 is 1.16 bits per heavy atom. The van der Waals surface area contributed by atoms with Crippen LogP contribution in [0.25, 0.3) is 0 Å². The van der Waals surface area contributed by atoms with Crippen LogP contribution in [-0.2, 0) is 16.8 Å². The van der Waals surface area contributed by atoms with Crippen molar-refractivity contribution in [3.63, 3.8) is 0 Å². The minimum absolute atomic E-state index is 0.0169. The van der Waals surface area contributed by atoms with Gasteiger partial charge in [0.25, 0.3) is 0 Å². The lowest BCUT2D eigenvalue weighted by molar-refractivity contribution is -0.134. The molecule has 0 aliphatic heterocycles. The van der Waals surface area contributed by atoms with Crippen molar-refractivity contribution in [3.05, 3.63) is 65.7 Å². The summed E-state index contributed by atoms with van der Waals surface area (Å²) in [5.74, 6) is -0.273. The Hall–Kier alpha value is -2.27. The van der Waals surface area contributed by atoms with Gasteiger partial charge in [0.2, 0.25) is 5.91 Å². The second-order valence-corrected chi connectivity index (χ2v) is 6.95. The highest BCUT2D eigenvalue weighted by molar-refractivity contribution is 5.91. The summed E-state index contributed by atoms with van der Waals surface area (Å²) in [6.45, 7) is 1.87. The number of aromatic nitrogens is 1. The molecular formula is C20H24FN3O. The zero-order valence-corrected chi connectivity index (χ0v) is 14.8. The first-order valence-electron chi connectivity index (χ1n) is 8.61. The standard InChI is InChI=1S/C20H24FN3O/c1-23(2)12-13-24(15-16-6-5-11-22-14-16)19(25)20(9-10-20)17-7-3-4-8-18(17)21/h3-8,11,14H,9-10,12-13,15H2,1-2H3. The van der Waals surface area contributed by atoms with Gasteiger partial charge in [0.05, 0.1) is 5.41 Å². The summed E-state index contributed by atoms with van der Waals surface area (Å²) in [7, 11) is 3.97. The molecule has 3 rings (SSSR count). The number of carbonyl (C=O) groups is 1. The average Bonchev–Trinajstić information content (AvgIpc) is 3.41. The van der Waals surface area contributed by atoms with Crippen molar-refractivity contribution in [2.24, 2.45) is 0 Å². The van der Waals surface area contributed by atoms with Gasteiger partial charge in [0.1, 0.15) is 5.82 Å². The summed E-state index contributed by atoms with van der Waals surface area (Å²) in [5, 5.41) is 0. The van der Waals surface area contributed by atoms with E-state index in [2.05, 4.69) is 4.98 Å². The van der Waals surface area contributed by atoms with E-state index in [0.717, 1.165) is 12.1 Å². The SMILES string of the molecule is CN(C)CCN(Cc1cccnc1)C(=O)C1(c2ccccc2F)CC1. The molecule has 1 aliphatic rings. The molecule has 0 bridgehead atoms. The van der Waals surface area contributed by atoms with E-state index in [4.69, 9.17) is 0 Å². The van der Waals surface area contributed by atoms with E-state index in [1.165, 1.54) is 6.07 Å². The molecule has 132 valence electrons. The van der Waals surface area contributed by atoms with Crippen molar-refractivity contribution >= 4 is 5.91 Å². The summed E-state index contributed by atoms with van der Waals surface area (Å²) >= 11 is 0. The summed E-state index contributed by atoms with van der Waals surface area (Å²) in [4.78, 5) is 21.3. The van der Waals surface area contributed by atoms with Crippen molar-refractivity contribution in [2.45, 2.75) is 24.8 Å². The topological polar surface area (TPSA) is 36.4 Å². The van der Waals surface area contributed by atoms with Crippen molar-refractivity contribution < 1.29 is 9.18 Å². The fraction of sp³-hybridized carbons (Fsp3) is 0.400. The van der Waals surface area contributed by atoms with Gasteiger partial charge in [-0.05, 0) is 44.6 Å². The third-order valence-corrected chi connectivity index (χ3v) is 4.75. The summed E-state index contributed by atoms with van der Waals surface area (Å²) in [6, 6.07) is 10.5. The van der Waals surface area contributed by atoms with Crippen LogP contribution in [-0.4, -0.2) is 47.9 Å². The number of nitrogens with zero attached hydrogens (tertiary/aromatic N) is 3. The van der Waals surface area contributed by atoms with Crippen LogP contribution in [0.2, 0.25) is 0 Å². The molecule has 2 aromatic rings. The Kier molecular flexibility index (Phi) is 5.13. The molecule has 1 aromatic heterocycles. The molecule has 1 aliphatic carbocycles. The number of amides is 1. The maximum atomic E-state index is 14.3. The number of rotatable bonds is 7.